The highest BCUT2D eigenvalue weighted by Gasteiger charge is 2.21. The summed E-state index contributed by atoms with van der Waals surface area (Å²) in [6.07, 6.45) is 0. The van der Waals surface area contributed by atoms with Crippen molar-refractivity contribution in [2.45, 2.75) is 11.8 Å². The Morgan fingerprint density at radius 3 is 2.35 bits per heavy atom. The fourth-order valence-electron chi connectivity index (χ4n) is 2.02. The van der Waals surface area contributed by atoms with E-state index < -0.39 is 11.8 Å². The molecule has 5 nitrogen and oxygen atoms in total. The van der Waals surface area contributed by atoms with E-state index >= 15 is 0 Å². The Bertz CT molecular complexity index is 724. The number of thiocyanates is 1. The number of benzene rings is 2. The van der Waals surface area contributed by atoms with Crippen molar-refractivity contribution >= 4 is 35.0 Å². The van der Waals surface area contributed by atoms with Gasteiger partial charge in [-0.1, -0.05) is 18.2 Å². The number of nitrogens with one attached hydrogen (secondary N) is 1. The van der Waals surface area contributed by atoms with Crippen LogP contribution in [0, 0.1) is 10.7 Å². The van der Waals surface area contributed by atoms with Crippen LogP contribution >= 0.6 is 11.8 Å². The number of para-hydroxylation sites is 1. The van der Waals surface area contributed by atoms with Gasteiger partial charge in [0.05, 0.1) is 0 Å². The molecule has 0 spiro atoms. The summed E-state index contributed by atoms with van der Waals surface area (Å²) in [6.45, 7) is 2.21. The number of thioether (sulfide) groups is 1. The highest BCUT2D eigenvalue weighted by atomic mass is 32.2. The van der Waals surface area contributed by atoms with Gasteiger partial charge in [0.15, 0.2) is 0 Å². The van der Waals surface area contributed by atoms with Crippen LogP contribution in [0.1, 0.15) is 6.92 Å². The number of likely N-dealkylation sites (N-methyl/N-ethyl adjacent to an activating group) is 1. The fourth-order valence-corrected chi connectivity index (χ4v) is 2.40. The number of carbonyl (C=O) groups excluding carboxylic acids is 2. The molecule has 2 aromatic carbocycles. The zero-order chi connectivity index (χ0) is 16.7. The minimum Gasteiger partial charge on any atom is -0.318 e. The lowest BCUT2D eigenvalue weighted by atomic mass is 10.2. The number of hydrogen-bond acceptors (Lipinski definition) is 4. The molecule has 23 heavy (non-hydrogen) atoms. The number of nitriles is 1. The number of nitrogens with zero attached hydrogens (tertiary/aromatic N) is 2. The molecule has 0 aromatic heterocycles. The van der Waals surface area contributed by atoms with Crippen LogP contribution < -0.4 is 10.2 Å². The van der Waals surface area contributed by atoms with Crippen molar-refractivity contribution < 1.29 is 9.59 Å². The van der Waals surface area contributed by atoms with E-state index in [1.165, 1.54) is 4.90 Å². The van der Waals surface area contributed by atoms with Gasteiger partial charge in [0.1, 0.15) is 5.40 Å². The molecule has 0 aliphatic rings. The standard InChI is InChI=1S/C17H15N3O2S/c1-2-20(14-6-4-3-5-7-14)17(22)16(21)19-13-8-10-15(11-9-13)23-12-18/h3-11H,2H2,1H3,(H,19,21). The molecule has 2 rings (SSSR count). The van der Waals surface area contributed by atoms with Crippen molar-refractivity contribution in [3.63, 3.8) is 0 Å². The van der Waals surface area contributed by atoms with Crippen molar-refractivity contribution in [3.05, 3.63) is 54.6 Å². The highest BCUT2D eigenvalue weighted by molar-refractivity contribution is 8.03. The van der Waals surface area contributed by atoms with Gasteiger partial charge >= 0.3 is 11.8 Å². The van der Waals surface area contributed by atoms with E-state index in [0.717, 1.165) is 16.7 Å². The number of hydrogen-bond donors (Lipinski definition) is 1. The zero-order valence-corrected chi connectivity index (χ0v) is 13.3. The van der Waals surface area contributed by atoms with E-state index in [0.29, 0.717) is 17.9 Å². The average Bonchev–Trinajstić information content (AvgIpc) is 2.58. The first-order chi connectivity index (χ1) is 11.2. The monoisotopic (exact) mass is 325 g/mol. The summed E-state index contributed by atoms with van der Waals surface area (Å²) in [6, 6.07) is 15.8. The van der Waals surface area contributed by atoms with E-state index in [1.807, 2.05) is 30.5 Å². The minimum atomic E-state index is -0.698. The first kappa shape index (κ1) is 16.6. The van der Waals surface area contributed by atoms with Crippen LogP contribution in [0.5, 0.6) is 0 Å². The molecule has 0 unspecified atom stereocenters. The topological polar surface area (TPSA) is 73.2 Å². The maximum absolute atomic E-state index is 12.3. The van der Waals surface area contributed by atoms with Gasteiger partial charge in [-0.3, -0.25) is 9.59 Å². The predicted molar refractivity (Wildman–Crippen MR) is 91.0 cm³/mol. The van der Waals surface area contributed by atoms with Crippen LogP contribution in [0.4, 0.5) is 11.4 Å². The predicted octanol–water partition coefficient (Wildman–Crippen LogP) is 3.25. The van der Waals surface area contributed by atoms with Gasteiger partial charge in [-0.25, -0.2) is 0 Å². The molecule has 0 aliphatic carbocycles. The number of rotatable bonds is 4. The number of carbonyl (C=O) groups is 2. The third kappa shape index (κ3) is 4.34. The molecule has 0 bridgehead atoms. The Kier molecular flexibility index (Phi) is 5.78. The number of amides is 2. The van der Waals surface area contributed by atoms with E-state index in [-0.39, 0.29) is 0 Å². The summed E-state index contributed by atoms with van der Waals surface area (Å²) in [5.74, 6) is -1.31. The van der Waals surface area contributed by atoms with Gasteiger partial charge in [-0.05, 0) is 55.1 Å². The van der Waals surface area contributed by atoms with Crippen LogP contribution in [0.3, 0.4) is 0 Å². The van der Waals surface area contributed by atoms with E-state index in [1.54, 1.807) is 36.4 Å². The second kappa shape index (κ2) is 8.01. The van der Waals surface area contributed by atoms with E-state index in [9.17, 15) is 9.59 Å². The number of anilines is 2. The Morgan fingerprint density at radius 1 is 1.13 bits per heavy atom. The molecule has 1 N–H and O–H groups in total. The van der Waals surface area contributed by atoms with E-state index in [4.69, 9.17) is 5.26 Å². The SMILES string of the molecule is CCN(C(=O)C(=O)Nc1ccc(SC#N)cc1)c1ccccc1. The quantitative estimate of drug-likeness (QED) is 0.532. The molecule has 116 valence electrons. The third-order valence-electron chi connectivity index (χ3n) is 3.10. The maximum atomic E-state index is 12.3. The molecule has 0 atom stereocenters. The molecule has 0 aliphatic heterocycles. The molecule has 2 aromatic rings. The van der Waals surface area contributed by atoms with Crippen LogP contribution in [0.2, 0.25) is 0 Å². The van der Waals surface area contributed by atoms with Gasteiger partial charge in [0.2, 0.25) is 0 Å². The maximum Gasteiger partial charge on any atom is 0.316 e. The van der Waals surface area contributed by atoms with Crippen molar-refractivity contribution in [1.82, 2.24) is 0 Å². The molecular formula is C17H15N3O2S. The Labute approximate surface area is 138 Å². The smallest absolute Gasteiger partial charge is 0.316 e. The Hall–Kier alpha value is -2.78. The molecule has 2 amide bonds. The first-order valence-electron chi connectivity index (χ1n) is 6.99. The van der Waals surface area contributed by atoms with Gasteiger partial charge in [0, 0.05) is 22.8 Å². The summed E-state index contributed by atoms with van der Waals surface area (Å²) in [7, 11) is 0. The minimum absolute atomic E-state index is 0.397. The Balaban J connectivity index is 2.07. The first-order valence-corrected chi connectivity index (χ1v) is 7.81. The molecule has 0 saturated heterocycles. The van der Waals surface area contributed by atoms with Gasteiger partial charge in [0.25, 0.3) is 0 Å². The third-order valence-corrected chi connectivity index (χ3v) is 3.70. The lowest BCUT2D eigenvalue weighted by molar-refractivity contribution is -0.134. The Morgan fingerprint density at radius 2 is 1.78 bits per heavy atom. The van der Waals surface area contributed by atoms with Crippen molar-refractivity contribution in [3.8, 4) is 5.40 Å². The zero-order valence-electron chi connectivity index (χ0n) is 12.5. The van der Waals surface area contributed by atoms with Gasteiger partial charge in [-0.2, -0.15) is 5.26 Å². The van der Waals surface area contributed by atoms with Crippen LogP contribution in [0.15, 0.2) is 59.5 Å². The van der Waals surface area contributed by atoms with Crippen molar-refractivity contribution in [1.29, 1.82) is 5.26 Å². The summed E-state index contributed by atoms with van der Waals surface area (Å²) < 4.78 is 0. The van der Waals surface area contributed by atoms with Crippen LogP contribution in [-0.2, 0) is 9.59 Å². The summed E-state index contributed by atoms with van der Waals surface area (Å²) >= 11 is 1.03. The lowest BCUT2D eigenvalue weighted by Crippen LogP contribution is -2.39. The molecule has 0 heterocycles. The molecular weight excluding hydrogens is 310 g/mol. The van der Waals surface area contributed by atoms with E-state index in [2.05, 4.69) is 5.32 Å². The average molecular weight is 325 g/mol. The highest BCUT2D eigenvalue weighted by Crippen LogP contribution is 2.19. The van der Waals surface area contributed by atoms with Crippen molar-refractivity contribution in [2.24, 2.45) is 0 Å². The summed E-state index contributed by atoms with van der Waals surface area (Å²) in [4.78, 5) is 26.6. The normalized spacial score (nSPS) is 9.74. The van der Waals surface area contributed by atoms with Crippen LogP contribution in [0.25, 0.3) is 0 Å². The second-order valence-electron chi connectivity index (χ2n) is 4.56. The molecule has 6 heteroatoms. The summed E-state index contributed by atoms with van der Waals surface area (Å²) in [5.41, 5.74) is 1.19. The van der Waals surface area contributed by atoms with Gasteiger partial charge in [-0.15, -0.1) is 0 Å². The molecule has 0 fully saturated rings. The van der Waals surface area contributed by atoms with Crippen molar-refractivity contribution in [2.75, 3.05) is 16.8 Å². The summed E-state index contributed by atoms with van der Waals surface area (Å²) in [5, 5.41) is 13.1. The largest absolute Gasteiger partial charge is 0.318 e. The fraction of sp³-hybridized carbons (Fsp3) is 0.118. The molecule has 0 radical (unpaired) electrons. The molecule has 0 saturated carbocycles. The lowest BCUT2D eigenvalue weighted by Gasteiger charge is -2.20. The van der Waals surface area contributed by atoms with Crippen LogP contribution in [-0.4, -0.2) is 18.4 Å². The second-order valence-corrected chi connectivity index (χ2v) is 5.41. The van der Waals surface area contributed by atoms with Gasteiger partial charge < -0.3 is 10.2 Å².